The summed E-state index contributed by atoms with van der Waals surface area (Å²) in [7, 11) is 1.20. The molecule has 0 spiro atoms. The van der Waals surface area contributed by atoms with Gasteiger partial charge in [-0.3, -0.25) is 9.59 Å². The maximum Gasteiger partial charge on any atom is 0.325 e. The summed E-state index contributed by atoms with van der Waals surface area (Å²) in [5, 5.41) is 0. The van der Waals surface area contributed by atoms with E-state index in [0.29, 0.717) is 6.07 Å². The van der Waals surface area contributed by atoms with Crippen LogP contribution in [0.15, 0.2) is 18.2 Å². The molecule has 0 saturated heterocycles. The van der Waals surface area contributed by atoms with Gasteiger partial charge in [-0.15, -0.1) is 0 Å². The molecule has 0 N–H and O–H groups in total. The van der Waals surface area contributed by atoms with Crippen molar-refractivity contribution in [2.45, 2.75) is 19.9 Å². The van der Waals surface area contributed by atoms with Crippen molar-refractivity contribution < 1.29 is 23.1 Å². The predicted octanol–water partition coefficient (Wildman–Crippen LogP) is 1.99. The van der Waals surface area contributed by atoms with Gasteiger partial charge in [-0.2, -0.15) is 0 Å². The molecule has 0 unspecified atom stereocenters. The van der Waals surface area contributed by atoms with E-state index in [0.717, 1.165) is 12.1 Å². The van der Waals surface area contributed by atoms with E-state index in [1.165, 1.54) is 12.0 Å². The standard InChI is InChI=1S/C13H15F2NO3/c1-8(2)16(7-12(17)19-3)13(18)9-4-10(14)6-11(15)5-9/h4-6,8H,7H2,1-3H3. The minimum atomic E-state index is -0.842. The number of esters is 1. The van der Waals surface area contributed by atoms with E-state index in [-0.39, 0.29) is 18.2 Å². The summed E-state index contributed by atoms with van der Waals surface area (Å²) >= 11 is 0. The van der Waals surface area contributed by atoms with Crippen molar-refractivity contribution in [3.63, 3.8) is 0 Å². The highest BCUT2D eigenvalue weighted by atomic mass is 19.1. The Hall–Kier alpha value is -1.98. The first-order chi connectivity index (χ1) is 8.85. The summed E-state index contributed by atoms with van der Waals surface area (Å²) in [6.07, 6.45) is 0. The van der Waals surface area contributed by atoms with Crippen molar-refractivity contribution in [3.8, 4) is 0 Å². The molecule has 0 fully saturated rings. The molecule has 0 saturated carbocycles. The highest BCUT2D eigenvalue weighted by Gasteiger charge is 2.22. The lowest BCUT2D eigenvalue weighted by atomic mass is 10.1. The molecule has 1 aromatic rings. The zero-order valence-electron chi connectivity index (χ0n) is 10.9. The van der Waals surface area contributed by atoms with Crippen LogP contribution in [-0.2, 0) is 9.53 Å². The van der Waals surface area contributed by atoms with Crippen molar-refractivity contribution in [2.75, 3.05) is 13.7 Å². The number of halogens is 2. The molecule has 0 aliphatic heterocycles. The Balaban J connectivity index is 3.02. The Bertz CT molecular complexity index is 469. The quantitative estimate of drug-likeness (QED) is 0.787. The largest absolute Gasteiger partial charge is 0.468 e. The Morgan fingerprint density at radius 2 is 1.74 bits per heavy atom. The summed E-state index contributed by atoms with van der Waals surface area (Å²) in [6, 6.07) is 2.23. The van der Waals surface area contributed by atoms with Crippen molar-refractivity contribution in [1.29, 1.82) is 0 Å². The summed E-state index contributed by atoms with van der Waals surface area (Å²) in [5.74, 6) is -2.91. The summed E-state index contributed by atoms with van der Waals surface area (Å²) in [5.41, 5.74) is -0.143. The number of carbonyl (C=O) groups is 2. The van der Waals surface area contributed by atoms with Crippen LogP contribution in [0, 0.1) is 11.6 Å². The molecule has 0 heterocycles. The lowest BCUT2D eigenvalue weighted by Crippen LogP contribution is -2.41. The maximum atomic E-state index is 13.1. The molecular formula is C13H15F2NO3. The van der Waals surface area contributed by atoms with Gasteiger partial charge in [0.25, 0.3) is 5.91 Å². The Labute approximate surface area is 110 Å². The second kappa shape index (κ2) is 6.26. The third kappa shape index (κ3) is 4.01. The van der Waals surface area contributed by atoms with Crippen molar-refractivity contribution in [2.24, 2.45) is 0 Å². The van der Waals surface area contributed by atoms with Gasteiger partial charge in [-0.05, 0) is 26.0 Å². The van der Waals surface area contributed by atoms with Gasteiger partial charge in [0.1, 0.15) is 18.2 Å². The molecule has 4 nitrogen and oxygen atoms in total. The minimum absolute atomic E-state index is 0.143. The van der Waals surface area contributed by atoms with E-state index in [1.807, 2.05) is 0 Å². The second-order valence-electron chi connectivity index (χ2n) is 4.26. The zero-order chi connectivity index (χ0) is 14.6. The first kappa shape index (κ1) is 15.1. The molecule has 0 aliphatic carbocycles. The van der Waals surface area contributed by atoms with Gasteiger partial charge in [0.05, 0.1) is 7.11 Å². The van der Waals surface area contributed by atoms with Gasteiger partial charge in [0.2, 0.25) is 0 Å². The normalized spacial score (nSPS) is 10.4. The topological polar surface area (TPSA) is 46.6 Å². The Kier molecular flexibility index (Phi) is 4.97. The summed E-state index contributed by atoms with van der Waals surface area (Å²) < 4.78 is 30.6. The van der Waals surface area contributed by atoms with Gasteiger partial charge in [0, 0.05) is 17.7 Å². The number of amides is 1. The zero-order valence-corrected chi connectivity index (χ0v) is 10.9. The molecule has 0 bridgehead atoms. The SMILES string of the molecule is COC(=O)CN(C(=O)c1cc(F)cc(F)c1)C(C)C. The van der Waals surface area contributed by atoms with E-state index in [2.05, 4.69) is 4.74 Å². The molecule has 1 rings (SSSR count). The average molecular weight is 271 g/mol. The second-order valence-corrected chi connectivity index (χ2v) is 4.26. The van der Waals surface area contributed by atoms with Crippen LogP contribution in [0.4, 0.5) is 8.78 Å². The van der Waals surface area contributed by atoms with E-state index < -0.39 is 23.5 Å². The number of rotatable bonds is 4. The minimum Gasteiger partial charge on any atom is -0.468 e. The van der Waals surface area contributed by atoms with Crippen molar-refractivity contribution in [3.05, 3.63) is 35.4 Å². The van der Waals surface area contributed by atoms with Crippen LogP contribution in [-0.4, -0.2) is 36.5 Å². The van der Waals surface area contributed by atoms with Crippen LogP contribution in [0.25, 0.3) is 0 Å². The average Bonchev–Trinajstić information content (AvgIpc) is 2.33. The van der Waals surface area contributed by atoms with Crippen LogP contribution in [0.5, 0.6) is 0 Å². The summed E-state index contributed by atoms with van der Waals surface area (Å²) in [4.78, 5) is 24.5. The van der Waals surface area contributed by atoms with Gasteiger partial charge in [0.15, 0.2) is 0 Å². The molecule has 104 valence electrons. The third-order valence-corrected chi connectivity index (χ3v) is 2.52. The fourth-order valence-corrected chi connectivity index (χ4v) is 1.54. The van der Waals surface area contributed by atoms with Crippen LogP contribution in [0.2, 0.25) is 0 Å². The number of ether oxygens (including phenoxy) is 1. The molecule has 19 heavy (non-hydrogen) atoms. The van der Waals surface area contributed by atoms with Gasteiger partial charge >= 0.3 is 5.97 Å². The van der Waals surface area contributed by atoms with E-state index in [4.69, 9.17) is 0 Å². The van der Waals surface area contributed by atoms with Crippen molar-refractivity contribution in [1.82, 2.24) is 4.90 Å². The van der Waals surface area contributed by atoms with Crippen LogP contribution < -0.4 is 0 Å². The third-order valence-electron chi connectivity index (χ3n) is 2.52. The van der Waals surface area contributed by atoms with E-state index in [1.54, 1.807) is 13.8 Å². The molecule has 0 aliphatic rings. The molecule has 0 radical (unpaired) electrons. The van der Waals surface area contributed by atoms with E-state index in [9.17, 15) is 18.4 Å². The first-order valence-electron chi connectivity index (χ1n) is 5.69. The molecule has 1 aromatic carbocycles. The first-order valence-corrected chi connectivity index (χ1v) is 5.69. The molecular weight excluding hydrogens is 256 g/mol. The van der Waals surface area contributed by atoms with Gasteiger partial charge in [-0.1, -0.05) is 0 Å². The monoisotopic (exact) mass is 271 g/mol. The van der Waals surface area contributed by atoms with Crippen molar-refractivity contribution >= 4 is 11.9 Å². The number of benzene rings is 1. The number of hydrogen-bond donors (Lipinski definition) is 0. The Morgan fingerprint density at radius 3 is 2.16 bits per heavy atom. The molecule has 0 atom stereocenters. The van der Waals surface area contributed by atoms with E-state index >= 15 is 0 Å². The Morgan fingerprint density at radius 1 is 1.21 bits per heavy atom. The van der Waals surface area contributed by atoms with Crippen LogP contribution in [0.1, 0.15) is 24.2 Å². The molecule has 0 aromatic heterocycles. The number of methoxy groups -OCH3 is 1. The molecule has 6 heteroatoms. The molecule has 1 amide bonds. The fraction of sp³-hybridized carbons (Fsp3) is 0.385. The maximum absolute atomic E-state index is 13.1. The lowest BCUT2D eigenvalue weighted by molar-refractivity contribution is -0.141. The fourth-order valence-electron chi connectivity index (χ4n) is 1.54. The summed E-state index contributed by atoms with van der Waals surface area (Å²) in [6.45, 7) is 3.11. The highest BCUT2D eigenvalue weighted by molar-refractivity contribution is 5.96. The smallest absolute Gasteiger partial charge is 0.325 e. The number of nitrogens with zero attached hydrogens (tertiary/aromatic N) is 1. The van der Waals surface area contributed by atoms with Crippen LogP contribution in [0.3, 0.4) is 0 Å². The van der Waals surface area contributed by atoms with Gasteiger partial charge < -0.3 is 9.64 Å². The highest BCUT2D eigenvalue weighted by Crippen LogP contribution is 2.12. The number of carbonyl (C=O) groups excluding carboxylic acids is 2. The lowest BCUT2D eigenvalue weighted by Gasteiger charge is -2.25. The van der Waals surface area contributed by atoms with Crippen LogP contribution >= 0.6 is 0 Å². The van der Waals surface area contributed by atoms with Gasteiger partial charge in [-0.25, -0.2) is 8.78 Å². The number of hydrogen-bond acceptors (Lipinski definition) is 3. The predicted molar refractivity (Wildman–Crippen MR) is 64.5 cm³/mol.